The molecular formula is C17H22BrNS. The van der Waals surface area contributed by atoms with Crippen molar-refractivity contribution in [1.29, 1.82) is 0 Å². The van der Waals surface area contributed by atoms with Gasteiger partial charge in [-0.3, -0.25) is 0 Å². The predicted octanol–water partition coefficient (Wildman–Crippen LogP) is 5.75. The first-order valence-electron chi connectivity index (χ1n) is 7.29. The Morgan fingerprint density at radius 3 is 2.45 bits per heavy atom. The van der Waals surface area contributed by atoms with E-state index in [1.807, 2.05) is 11.3 Å². The van der Waals surface area contributed by atoms with Crippen LogP contribution in [0.4, 0.5) is 0 Å². The Kier molecular flexibility index (Phi) is 6.27. The van der Waals surface area contributed by atoms with E-state index in [4.69, 9.17) is 0 Å². The molecule has 0 aliphatic rings. The number of nitrogens with one attached hydrogen (secondary N) is 1. The molecule has 20 heavy (non-hydrogen) atoms. The second-order valence-electron chi connectivity index (χ2n) is 4.99. The smallest absolute Gasteiger partial charge is 0.0495 e. The largest absolute Gasteiger partial charge is 0.309 e. The molecule has 2 atom stereocenters. The number of hydrogen-bond donors (Lipinski definition) is 1. The van der Waals surface area contributed by atoms with Crippen molar-refractivity contribution < 1.29 is 0 Å². The molecule has 0 saturated heterocycles. The first-order valence-corrected chi connectivity index (χ1v) is 8.96. The lowest BCUT2D eigenvalue weighted by Crippen LogP contribution is -2.27. The van der Waals surface area contributed by atoms with Gasteiger partial charge in [-0.05, 0) is 52.3 Å². The van der Waals surface area contributed by atoms with Crippen molar-refractivity contribution >= 4 is 27.3 Å². The summed E-state index contributed by atoms with van der Waals surface area (Å²) in [7, 11) is 0. The zero-order valence-electron chi connectivity index (χ0n) is 12.1. The molecule has 3 heteroatoms. The van der Waals surface area contributed by atoms with Crippen LogP contribution in [-0.4, -0.2) is 6.54 Å². The molecule has 0 bridgehead atoms. The monoisotopic (exact) mass is 351 g/mol. The average molecular weight is 352 g/mol. The number of thiophene rings is 1. The van der Waals surface area contributed by atoms with Crippen molar-refractivity contribution in [1.82, 2.24) is 5.32 Å². The first kappa shape index (κ1) is 15.7. The fourth-order valence-corrected chi connectivity index (χ4v) is 4.37. The van der Waals surface area contributed by atoms with E-state index < -0.39 is 0 Å². The maximum absolute atomic E-state index is 3.74. The van der Waals surface area contributed by atoms with Gasteiger partial charge in [0.15, 0.2) is 0 Å². The van der Waals surface area contributed by atoms with E-state index in [1.54, 1.807) is 0 Å². The second kappa shape index (κ2) is 7.96. The Morgan fingerprint density at radius 2 is 1.90 bits per heavy atom. The minimum atomic E-state index is 0.386. The molecule has 1 N–H and O–H groups in total. The van der Waals surface area contributed by atoms with Crippen LogP contribution in [0.2, 0.25) is 0 Å². The highest BCUT2D eigenvalue weighted by atomic mass is 79.9. The van der Waals surface area contributed by atoms with E-state index in [1.165, 1.54) is 14.9 Å². The van der Waals surface area contributed by atoms with E-state index in [-0.39, 0.29) is 0 Å². The van der Waals surface area contributed by atoms with Crippen LogP contribution < -0.4 is 5.32 Å². The van der Waals surface area contributed by atoms with Gasteiger partial charge in [0.2, 0.25) is 0 Å². The lowest BCUT2D eigenvalue weighted by Gasteiger charge is -2.27. The predicted molar refractivity (Wildman–Crippen MR) is 92.5 cm³/mol. The van der Waals surface area contributed by atoms with Gasteiger partial charge in [-0.1, -0.05) is 44.2 Å². The van der Waals surface area contributed by atoms with Crippen molar-refractivity contribution in [3.05, 3.63) is 56.7 Å². The van der Waals surface area contributed by atoms with Gasteiger partial charge >= 0.3 is 0 Å². The normalized spacial score (nSPS) is 14.2. The van der Waals surface area contributed by atoms with Crippen molar-refractivity contribution in [3.8, 4) is 0 Å². The number of hydrogen-bond acceptors (Lipinski definition) is 2. The SMILES string of the molecule is CCCNC(c1sccc1Br)C(CC)c1ccccc1. The van der Waals surface area contributed by atoms with Gasteiger partial charge < -0.3 is 5.32 Å². The van der Waals surface area contributed by atoms with E-state index in [2.05, 4.69) is 76.9 Å². The molecule has 0 amide bonds. The maximum atomic E-state index is 3.74. The van der Waals surface area contributed by atoms with Gasteiger partial charge in [0.05, 0.1) is 0 Å². The highest BCUT2D eigenvalue weighted by molar-refractivity contribution is 9.10. The van der Waals surface area contributed by atoms with Crippen LogP contribution in [0.1, 0.15) is 49.1 Å². The third kappa shape index (κ3) is 3.72. The van der Waals surface area contributed by atoms with E-state index in [0.29, 0.717) is 12.0 Å². The molecular weight excluding hydrogens is 330 g/mol. The zero-order chi connectivity index (χ0) is 14.4. The summed E-state index contributed by atoms with van der Waals surface area (Å²) in [5.41, 5.74) is 1.42. The fourth-order valence-electron chi connectivity index (χ4n) is 2.61. The zero-order valence-corrected chi connectivity index (χ0v) is 14.5. The van der Waals surface area contributed by atoms with Crippen molar-refractivity contribution in [2.24, 2.45) is 0 Å². The van der Waals surface area contributed by atoms with Gasteiger partial charge in [-0.15, -0.1) is 11.3 Å². The van der Waals surface area contributed by atoms with Crippen molar-refractivity contribution in [2.45, 2.75) is 38.6 Å². The fraction of sp³-hybridized carbons (Fsp3) is 0.412. The van der Waals surface area contributed by atoms with Crippen LogP contribution >= 0.6 is 27.3 Å². The molecule has 2 rings (SSSR count). The molecule has 0 spiro atoms. The molecule has 1 aromatic carbocycles. The first-order chi connectivity index (χ1) is 9.77. The lowest BCUT2D eigenvalue weighted by atomic mass is 9.88. The van der Waals surface area contributed by atoms with Crippen LogP contribution in [0, 0.1) is 0 Å². The summed E-state index contributed by atoms with van der Waals surface area (Å²) >= 11 is 5.54. The third-order valence-electron chi connectivity index (χ3n) is 3.61. The Balaban J connectivity index is 2.31. The molecule has 2 aromatic rings. The summed E-state index contributed by atoms with van der Waals surface area (Å²) in [6.45, 7) is 5.55. The summed E-state index contributed by atoms with van der Waals surface area (Å²) in [6.07, 6.45) is 2.29. The summed E-state index contributed by atoms with van der Waals surface area (Å²) in [5, 5.41) is 5.91. The van der Waals surface area contributed by atoms with Gasteiger partial charge in [-0.2, -0.15) is 0 Å². The molecule has 0 aliphatic carbocycles. The molecule has 108 valence electrons. The quantitative estimate of drug-likeness (QED) is 0.669. The van der Waals surface area contributed by atoms with Gasteiger partial charge in [-0.25, -0.2) is 0 Å². The summed E-state index contributed by atoms with van der Waals surface area (Å²) < 4.78 is 1.23. The highest BCUT2D eigenvalue weighted by Crippen LogP contribution is 2.39. The number of rotatable bonds is 7. The molecule has 0 aliphatic heterocycles. The standard InChI is InChI=1S/C17H22BrNS/c1-3-11-19-16(17-15(18)10-12-20-17)14(4-2)13-8-6-5-7-9-13/h5-10,12,14,16,19H,3-4,11H2,1-2H3. The molecule has 1 nitrogen and oxygen atoms in total. The number of halogens is 1. The minimum absolute atomic E-state index is 0.386. The topological polar surface area (TPSA) is 12.0 Å². The molecule has 0 saturated carbocycles. The highest BCUT2D eigenvalue weighted by Gasteiger charge is 2.25. The summed E-state index contributed by atoms with van der Waals surface area (Å²) in [5.74, 6) is 0.512. The van der Waals surface area contributed by atoms with Crippen molar-refractivity contribution in [2.75, 3.05) is 6.54 Å². The Morgan fingerprint density at radius 1 is 1.15 bits per heavy atom. The maximum Gasteiger partial charge on any atom is 0.0495 e. The van der Waals surface area contributed by atoms with E-state index in [0.717, 1.165) is 19.4 Å². The molecule has 1 heterocycles. The Hall–Kier alpha value is -0.640. The molecule has 0 radical (unpaired) electrons. The molecule has 1 aromatic heterocycles. The van der Waals surface area contributed by atoms with Crippen LogP contribution in [0.25, 0.3) is 0 Å². The lowest BCUT2D eigenvalue weighted by molar-refractivity contribution is 0.440. The average Bonchev–Trinajstić information content (AvgIpc) is 2.90. The van der Waals surface area contributed by atoms with Crippen molar-refractivity contribution in [3.63, 3.8) is 0 Å². The van der Waals surface area contributed by atoms with Gasteiger partial charge in [0, 0.05) is 21.3 Å². The molecule has 2 unspecified atom stereocenters. The Labute approximate surface area is 134 Å². The summed E-state index contributed by atoms with van der Waals surface area (Å²) in [6, 6.07) is 13.4. The number of benzene rings is 1. The third-order valence-corrected chi connectivity index (χ3v) is 5.57. The minimum Gasteiger partial charge on any atom is -0.309 e. The van der Waals surface area contributed by atoms with E-state index >= 15 is 0 Å². The second-order valence-corrected chi connectivity index (χ2v) is 6.79. The Bertz CT molecular complexity index is 509. The van der Waals surface area contributed by atoms with Crippen LogP contribution in [-0.2, 0) is 0 Å². The van der Waals surface area contributed by atoms with E-state index in [9.17, 15) is 0 Å². The summed E-state index contributed by atoms with van der Waals surface area (Å²) in [4.78, 5) is 1.41. The van der Waals surface area contributed by atoms with Gasteiger partial charge in [0.25, 0.3) is 0 Å². The van der Waals surface area contributed by atoms with Crippen LogP contribution in [0.3, 0.4) is 0 Å². The van der Waals surface area contributed by atoms with Gasteiger partial charge in [0.1, 0.15) is 0 Å². The van der Waals surface area contributed by atoms with Crippen LogP contribution in [0.15, 0.2) is 46.3 Å². The molecule has 0 fully saturated rings. The van der Waals surface area contributed by atoms with Crippen LogP contribution in [0.5, 0.6) is 0 Å².